The molecular formula is C12H18O. The molecule has 0 unspecified atom stereocenters. The predicted molar refractivity (Wildman–Crippen MR) is 56.7 cm³/mol. The second-order valence-electron chi connectivity index (χ2n) is 3.20. The van der Waals surface area contributed by atoms with Crippen LogP contribution in [0, 0.1) is 5.92 Å². The SMILES string of the molecule is C.CC(=O)[C@@H](C)Cc1ccccc1. The van der Waals surface area contributed by atoms with Crippen LogP contribution in [0.3, 0.4) is 0 Å². The molecule has 0 saturated carbocycles. The second kappa shape index (κ2) is 5.52. The highest BCUT2D eigenvalue weighted by Gasteiger charge is 2.07. The van der Waals surface area contributed by atoms with Crippen molar-refractivity contribution in [3.8, 4) is 0 Å². The summed E-state index contributed by atoms with van der Waals surface area (Å²) in [6.45, 7) is 3.61. The number of benzene rings is 1. The third-order valence-electron chi connectivity index (χ3n) is 2.08. The molecule has 1 heteroatoms. The van der Waals surface area contributed by atoms with E-state index in [1.165, 1.54) is 5.56 Å². The fourth-order valence-corrected chi connectivity index (χ4v) is 1.11. The Morgan fingerprint density at radius 1 is 1.31 bits per heavy atom. The third kappa shape index (κ3) is 3.88. The van der Waals surface area contributed by atoms with Crippen LogP contribution in [-0.4, -0.2) is 5.78 Å². The molecule has 0 aliphatic rings. The van der Waals surface area contributed by atoms with Crippen molar-refractivity contribution in [3.05, 3.63) is 35.9 Å². The minimum Gasteiger partial charge on any atom is -0.300 e. The van der Waals surface area contributed by atoms with E-state index in [1.54, 1.807) is 6.92 Å². The van der Waals surface area contributed by atoms with Gasteiger partial charge in [0.05, 0.1) is 0 Å². The van der Waals surface area contributed by atoms with Gasteiger partial charge >= 0.3 is 0 Å². The molecule has 0 aliphatic heterocycles. The zero-order chi connectivity index (χ0) is 8.97. The normalized spacial score (nSPS) is 11.5. The lowest BCUT2D eigenvalue weighted by molar-refractivity contribution is -0.120. The first-order valence-electron chi connectivity index (χ1n) is 4.24. The van der Waals surface area contributed by atoms with Crippen LogP contribution in [0.15, 0.2) is 30.3 Å². The van der Waals surface area contributed by atoms with E-state index in [2.05, 4.69) is 12.1 Å². The molecular weight excluding hydrogens is 160 g/mol. The van der Waals surface area contributed by atoms with Crippen LogP contribution in [0.25, 0.3) is 0 Å². The summed E-state index contributed by atoms with van der Waals surface area (Å²) >= 11 is 0. The lowest BCUT2D eigenvalue weighted by Gasteiger charge is -2.06. The van der Waals surface area contributed by atoms with E-state index in [4.69, 9.17) is 0 Å². The molecule has 0 N–H and O–H groups in total. The van der Waals surface area contributed by atoms with Gasteiger partial charge < -0.3 is 0 Å². The molecule has 1 aromatic carbocycles. The lowest BCUT2D eigenvalue weighted by atomic mass is 9.98. The molecule has 0 aliphatic carbocycles. The first-order valence-corrected chi connectivity index (χ1v) is 4.24. The van der Waals surface area contributed by atoms with Gasteiger partial charge in [-0.3, -0.25) is 4.79 Å². The highest BCUT2D eigenvalue weighted by Crippen LogP contribution is 2.08. The van der Waals surface area contributed by atoms with Crippen LogP contribution >= 0.6 is 0 Å². The maximum absolute atomic E-state index is 10.9. The Kier molecular flexibility index (Phi) is 5.05. The number of rotatable bonds is 3. The van der Waals surface area contributed by atoms with Crippen molar-refractivity contribution >= 4 is 5.78 Å². The summed E-state index contributed by atoms with van der Waals surface area (Å²) in [6, 6.07) is 10.1. The maximum Gasteiger partial charge on any atom is 0.132 e. The summed E-state index contributed by atoms with van der Waals surface area (Å²) < 4.78 is 0. The van der Waals surface area contributed by atoms with Gasteiger partial charge in [0.15, 0.2) is 0 Å². The Balaban J connectivity index is 0.00000144. The Bertz CT molecular complexity index is 251. The van der Waals surface area contributed by atoms with Gasteiger partial charge in [-0.05, 0) is 18.9 Å². The van der Waals surface area contributed by atoms with Gasteiger partial charge in [0, 0.05) is 5.92 Å². The molecule has 0 radical (unpaired) electrons. The number of carbonyl (C=O) groups is 1. The highest BCUT2D eigenvalue weighted by molar-refractivity contribution is 5.78. The summed E-state index contributed by atoms with van der Waals surface area (Å²) in [5, 5.41) is 0. The first-order chi connectivity index (χ1) is 5.70. The zero-order valence-electron chi connectivity index (χ0n) is 7.58. The largest absolute Gasteiger partial charge is 0.300 e. The fourth-order valence-electron chi connectivity index (χ4n) is 1.11. The van der Waals surface area contributed by atoms with Gasteiger partial charge in [0.1, 0.15) is 5.78 Å². The summed E-state index contributed by atoms with van der Waals surface area (Å²) in [4.78, 5) is 10.9. The van der Waals surface area contributed by atoms with Crippen molar-refractivity contribution in [2.75, 3.05) is 0 Å². The Morgan fingerprint density at radius 3 is 2.31 bits per heavy atom. The molecule has 1 aromatic rings. The van der Waals surface area contributed by atoms with Crippen LogP contribution in [0.2, 0.25) is 0 Å². The Labute approximate surface area is 80.8 Å². The van der Waals surface area contributed by atoms with E-state index >= 15 is 0 Å². The number of Topliss-reactive ketones (excluding diaryl/α,β-unsaturated/α-hetero) is 1. The summed E-state index contributed by atoms with van der Waals surface area (Å²) in [5.74, 6) is 0.409. The third-order valence-corrected chi connectivity index (χ3v) is 2.08. The highest BCUT2D eigenvalue weighted by atomic mass is 16.1. The summed E-state index contributed by atoms with van der Waals surface area (Å²) in [7, 11) is 0. The smallest absolute Gasteiger partial charge is 0.132 e. The van der Waals surface area contributed by atoms with E-state index in [9.17, 15) is 4.79 Å². The molecule has 13 heavy (non-hydrogen) atoms. The molecule has 0 aromatic heterocycles. The van der Waals surface area contributed by atoms with Crippen LogP contribution in [0.1, 0.15) is 26.8 Å². The molecule has 0 spiro atoms. The van der Waals surface area contributed by atoms with Gasteiger partial charge in [-0.25, -0.2) is 0 Å². The molecule has 1 nitrogen and oxygen atoms in total. The monoisotopic (exact) mass is 178 g/mol. The van der Waals surface area contributed by atoms with E-state index in [1.807, 2.05) is 25.1 Å². The average Bonchev–Trinajstić information content (AvgIpc) is 2.06. The summed E-state index contributed by atoms with van der Waals surface area (Å²) in [6.07, 6.45) is 0.857. The predicted octanol–water partition coefficient (Wildman–Crippen LogP) is 3.09. The van der Waals surface area contributed by atoms with Crippen molar-refractivity contribution in [2.45, 2.75) is 27.7 Å². The molecule has 1 atom stereocenters. The van der Waals surface area contributed by atoms with Gasteiger partial charge in [-0.1, -0.05) is 44.7 Å². The van der Waals surface area contributed by atoms with Gasteiger partial charge in [0.25, 0.3) is 0 Å². The van der Waals surface area contributed by atoms with Gasteiger partial charge in [-0.15, -0.1) is 0 Å². The van der Waals surface area contributed by atoms with Crippen molar-refractivity contribution < 1.29 is 4.79 Å². The maximum atomic E-state index is 10.9. The standard InChI is InChI=1S/C11H14O.CH4/c1-9(10(2)12)8-11-6-4-3-5-7-11;/h3-7,9H,8H2,1-2H3;1H4/t9-;/m0./s1. The molecule has 1 rings (SSSR count). The van der Waals surface area contributed by atoms with E-state index in [-0.39, 0.29) is 19.1 Å². The second-order valence-corrected chi connectivity index (χ2v) is 3.20. The first kappa shape index (κ1) is 11.9. The molecule has 0 bridgehead atoms. The van der Waals surface area contributed by atoms with Crippen molar-refractivity contribution in [2.24, 2.45) is 5.92 Å². The van der Waals surface area contributed by atoms with Gasteiger partial charge in [-0.2, -0.15) is 0 Å². The van der Waals surface area contributed by atoms with Gasteiger partial charge in [0.2, 0.25) is 0 Å². The van der Waals surface area contributed by atoms with Crippen molar-refractivity contribution in [1.29, 1.82) is 0 Å². The Hall–Kier alpha value is -1.11. The number of carbonyl (C=O) groups excluding carboxylic acids is 1. The van der Waals surface area contributed by atoms with Crippen LogP contribution in [0.5, 0.6) is 0 Å². The fraction of sp³-hybridized carbons (Fsp3) is 0.417. The molecule has 0 heterocycles. The topological polar surface area (TPSA) is 17.1 Å². The van der Waals surface area contributed by atoms with Crippen LogP contribution in [0.4, 0.5) is 0 Å². The number of hydrogen-bond acceptors (Lipinski definition) is 1. The minimum absolute atomic E-state index is 0. The molecule has 0 saturated heterocycles. The zero-order valence-corrected chi connectivity index (χ0v) is 7.58. The van der Waals surface area contributed by atoms with E-state index in [0.717, 1.165) is 6.42 Å². The summed E-state index contributed by atoms with van der Waals surface area (Å²) in [5.41, 5.74) is 1.24. The quantitative estimate of drug-likeness (QED) is 0.695. The van der Waals surface area contributed by atoms with Crippen molar-refractivity contribution in [1.82, 2.24) is 0 Å². The number of hydrogen-bond donors (Lipinski definition) is 0. The average molecular weight is 178 g/mol. The number of ketones is 1. The lowest BCUT2D eigenvalue weighted by Crippen LogP contribution is -2.09. The van der Waals surface area contributed by atoms with Crippen LogP contribution in [-0.2, 0) is 11.2 Å². The molecule has 72 valence electrons. The van der Waals surface area contributed by atoms with Crippen LogP contribution < -0.4 is 0 Å². The Morgan fingerprint density at radius 2 is 1.85 bits per heavy atom. The van der Waals surface area contributed by atoms with Crippen molar-refractivity contribution in [3.63, 3.8) is 0 Å². The molecule has 0 amide bonds. The van der Waals surface area contributed by atoms with E-state index < -0.39 is 0 Å². The minimum atomic E-state index is 0. The van der Waals surface area contributed by atoms with E-state index in [0.29, 0.717) is 0 Å². The molecule has 0 fully saturated rings.